The number of rotatable bonds is 4. The summed E-state index contributed by atoms with van der Waals surface area (Å²) in [4.78, 5) is 2.62. The third-order valence-corrected chi connectivity index (χ3v) is 3.76. The molecule has 0 radical (unpaired) electrons. The van der Waals surface area contributed by atoms with Crippen LogP contribution in [0.25, 0.3) is 0 Å². The largest absolute Gasteiger partial charge is 0.397 e. The lowest BCUT2D eigenvalue weighted by Crippen LogP contribution is -2.01. The molecule has 2 aromatic rings. The lowest BCUT2D eigenvalue weighted by Gasteiger charge is -2.07. The van der Waals surface area contributed by atoms with E-state index in [-0.39, 0.29) is 5.82 Å². The highest BCUT2D eigenvalue weighted by Crippen LogP contribution is 2.22. The Morgan fingerprint density at radius 1 is 1.24 bits per heavy atom. The molecule has 0 saturated heterocycles. The Morgan fingerprint density at radius 2 is 2.00 bits per heavy atom. The van der Waals surface area contributed by atoms with Gasteiger partial charge in [-0.25, -0.2) is 4.39 Å². The predicted octanol–water partition coefficient (Wildman–Crippen LogP) is 3.64. The lowest BCUT2D eigenvalue weighted by molar-refractivity contribution is 0.628. The maximum Gasteiger partial charge on any atom is 0.125 e. The van der Waals surface area contributed by atoms with Gasteiger partial charge in [-0.3, -0.25) is 0 Å². The molecule has 0 bridgehead atoms. The first-order valence-electron chi connectivity index (χ1n) is 5.55. The van der Waals surface area contributed by atoms with Crippen LogP contribution in [-0.2, 0) is 13.0 Å². The van der Waals surface area contributed by atoms with Crippen molar-refractivity contribution in [2.75, 3.05) is 11.1 Å². The SMILES string of the molecule is CCc1ccc(CNc2ccc(F)cc2N)s1. The van der Waals surface area contributed by atoms with Crippen LogP contribution in [0.15, 0.2) is 30.3 Å². The second-order valence-corrected chi connectivity index (χ2v) is 5.06. The molecule has 0 fully saturated rings. The fourth-order valence-electron chi connectivity index (χ4n) is 1.58. The summed E-state index contributed by atoms with van der Waals surface area (Å²) in [6.07, 6.45) is 1.06. The van der Waals surface area contributed by atoms with Crippen molar-refractivity contribution < 1.29 is 4.39 Å². The zero-order chi connectivity index (χ0) is 12.3. The van der Waals surface area contributed by atoms with Crippen molar-refractivity contribution in [1.82, 2.24) is 0 Å². The van der Waals surface area contributed by atoms with E-state index in [9.17, 15) is 4.39 Å². The van der Waals surface area contributed by atoms with Crippen molar-refractivity contribution >= 4 is 22.7 Å². The van der Waals surface area contributed by atoms with Gasteiger partial charge >= 0.3 is 0 Å². The van der Waals surface area contributed by atoms with Crippen LogP contribution in [0.1, 0.15) is 16.7 Å². The molecule has 0 aliphatic carbocycles. The van der Waals surface area contributed by atoms with E-state index in [0.29, 0.717) is 5.69 Å². The average molecular weight is 250 g/mol. The summed E-state index contributed by atoms with van der Waals surface area (Å²) in [6, 6.07) is 8.64. The van der Waals surface area contributed by atoms with Crippen LogP contribution in [0.5, 0.6) is 0 Å². The Labute approximate surface area is 104 Å². The summed E-state index contributed by atoms with van der Waals surface area (Å²) >= 11 is 1.78. The zero-order valence-electron chi connectivity index (χ0n) is 9.66. The zero-order valence-corrected chi connectivity index (χ0v) is 10.5. The second kappa shape index (κ2) is 5.19. The maximum atomic E-state index is 12.9. The van der Waals surface area contributed by atoms with E-state index in [0.717, 1.165) is 18.7 Å². The summed E-state index contributed by atoms with van der Waals surface area (Å²) in [6.45, 7) is 2.86. The van der Waals surface area contributed by atoms with Crippen molar-refractivity contribution in [1.29, 1.82) is 0 Å². The standard InChI is InChI=1S/C13H15FN2S/c1-2-10-4-5-11(17-10)8-16-13-6-3-9(14)7-12(13)15/h3-7,16H,2,8,15H2,1H3. The molecule has 0 unspecified atom stereocenters. The summed E-state index contributed by atoms with van der Waals surface area (Å²) in [7, 11) is 0. The van der Waals surface area contributed by atoms with Gasteiger partial charge in [-0.05, 0) is 36.8 Å². The number of hydrogen-bond donors (Lipinski definition) is 2. The van der Waals surface area contributed by atoms with Crippen LogP contribution < -0.4 is 11.1 Å². The van der Waals surface area contributed by atoms with Gasteiger partial charge in [0, 0.05) is 16.3 Å². The maximum absolute atomic E-state index is 12.9. The fourth-order valence-corrected chi connectivity index (χ4v) is 2.48. The van der Waals surface area contributed by atoms with Crippen molar-refractivity contribution in [3.8, 4) is 0 Å². The minimum absolute atomic E-state index is 0.308. The number of nitrogens with two attached hydrogens (primary N) is 1. The van der Waals surface area contributed by atoms with Crippen molar-refractivity contribution in [2.24, 2.45) is 0 Å². The van der Waals surface area contributed by atoms with Gasteiger partial charge in [0.2, 0.25) is 0 Å². The van der Waals surface area contributed by atoms with Gasteiger partial charge < -0.3 is 11.1 Å². The molecule has 0 aliphatic heterocycles. The topological polar surface area (TPSA) is 38.0 Å². The van der Waals surface area contributed by atoms with E-state index in [2.05, 4.69) is 24.4 Å². The quantitative estimate of drug-likeness (QED) is 0.813. The number of nitrogens with one attached hydrogen (secondary N) is 1. The molecular formula is C13H15FN2S. The van der Waals surface area contributed by atoms with Crippen LogP contribution >= 0.6 is 11.3 Å². The van der Waals surface area contributed by atoms with Gasteiger partial charge in [-0.1, -0.05) is 6.92 Å². The highest BCUT2D eigenvalue weighted by atomic mass is 32.1. The molecule has 1 heterocycles. The molecule has 0 saturated carbocycles. The smallest absolute Gasteiger partial charge is 0.125 e. The van der Waals surface area contributed by atoms with Gasteiger partial charge in [0.25, 0.3) is 0 Å². The fraction of sp³-hybridized carbons (Fsp3) is 0.231. The van der Waals surface area contributed by atoms with Crippen LogP contribution in [0.2, 0.25) is 0 Å². The lowest BCUT2D eigenvalue weighted by atomic mass is 10.2. The molecule has 2 rings (SSSR count). The van der Waals surface area contributed by atoms with Crippen molar-refractivity contribution in [3.63, 3.8) is 0 Å². The first-order chi connectivity index (χ1) is 8.19. The average Bonchev–Trinajstić information content (AvgIpc) is 2.76. The Bertz CT molecular complexity index is 508. The van der Waals surface area contributed by atoms with E-state index in [1.54, 1.807) is 17.4 Å². The molecule has 0 spiro atoms. The summed E-state index contributed by atoms with van der Waals surface area (Å²) in [5, 5.41) is 3.21. The summed E-state index contributed by atoms with van der Waals surface area (Å²) in [5.41, 5.74) is 6.94. The molecule has 3 N–H and O–H groups in total. The first-order valence-corrected chi connectivity index (χ1v) is 6.37. The molecule has 0 atom stereocenters. The van der Waals surface area contributed by atoms with Crippen molar-refractivity contribution in [2.45, 2.75) is 19.9 Å². The van der Waals surface area contributed by atoms with Crippen LogP contribution in [-0.4, -0.2) is 0 Å². The third kappa shape index (κ3) is 2.97. The van der Waals surface area contributed by atoms with E-state index in [1.165, 1.54) is 21.9 Å². The molecule has 17 heavy (non-hydrogen) atoms. The molecule has 1 aromatic carbocycles. The Balaban J connectivity index is 2.02. The van der Waals surface area contributed by atoms with Crippen LogP contribution in [0.3, 0.4) is 0 Å². The van der Waals surface area contributed by atoms with Crippen molar-refractivity contribution in [3.05, 3.63) is 45.9 Å². The monoisotopic (exact) mass is 250 g/mol. The van der Waals surface area contributed by atoms with Gasteiger partial charge in [0.15, 0.2) is 0 Å². The van der Waals surface area contributed by atoms with E-state index in [4.69, 9.17) is 5.73 Å². The van der Waals surface area contributed by atoms with Gasteiger partial charge in [-0.15, -0.1) is 11.3 Å². The van der Waals surface area contributed by atoms with Gasteiger partial charge in [0.05, 0.1) is 11.4 Å². The molecule has 90 valence electrons. The Morgan fingerprint density at radius 3 is 2.65 bits per heavy atom. The normalized spacial score (nSPS) is 10.5. The van der Waals surface area contributed by atoms with E-state index >= 15 is 0 Å². The van der Waals surface area contributed by atoms with Crippen LogP contribution in [0, 0.1) is 5.82 Å². The predicted molar refractivity (Wildman–Crippen MR) is 71.8 cm³/mol. The van der Waals surface area contributed by atoms with Gasteiger partial charge in [0.1, 0.15) is 5.82 Å². The summed E-state index contributed by atoms with van der Waals surface area (Å²) in [5.74, 6) is -0.308. The number of hydrogen-bond acceptors (Lipinski definition) is 3. The minimum atomic E-state index is -0.308. The highest BCUT2D eigenvalue weighted by Gasteiger charge is 2.02. The molecule has 0 amide bonds. The van der Waals surface area contributed by atoms with Gasteiger partial charge in [-0.2, -0.15) is 0 Å². The van der Waals surface area contributed by atoms with E-state index < -0.39 is 0 Å². The Kier molecular flexibility index (Phi) is 3.64. The number of benzene rings is 1. The number of aryl methyl sites for hydroxylation is 1. The minimum Gasteiger partial charge on any atom is -0.397 e. The third-order valence-electron chi connectivity index (χ3n) is 2.53. The number of nitrogen functional groups attached to an aromatic ring is 1. The first kappa shape index (κ1) is 11.9. The van der Waals surface area contributed by atoms with Crippen LogP contribution in [0.4, 0.5) is 15.8 Å². The van der Waals surface area contributed by atoms with E-state index in [1.807, 2.05) is 0 Å². The Hall–Kier alpha value is -1.55. The molecular weight excluding hydrogens is 235 g/mol. The highest BCUT2D eigenvalue weighted by molar-refractivity contribution is 7.12. The molecule has 1 aromatic heterocycles. The summed E-state index contributed by atoms with van der Waals surface area (Å²) < 4.78 is 12.9. The number of halogens is 1. The molecule has 0 aliphatic rings. The molecule has 2 nitrogen and oxygen atoms in total. The molecule has 4 heteroatoms. The number of thiophene rings is 1. The second-order valence-electron chi connectivity index (χ2n) is 3.81. The number of anilines is 2.